The van der Waals surface area contributed by atoms with E-state index in [0.29, 0.717) is 23.9 Å². The minimum absolute atomic E-state index is 0.104. The Hall–Kier alpha value is -3.03. The topological polar surface area (TPSA) is 115 Å². The molecular weight excluding hydrogens is 276 g/mol. The molecule has 2 aromatic rings. The van der Waals surface area contributed by atoms with Crippen LogP contribution in [0.1, 0.15) is 10.5 Å². The number of hydrogen-bond acceptors (Lipinski definition) is 5. The maximum Gasteiger partial charge on any atom is 0.336 e. The molecule has 2 heterocycles. The number of fused-ring (bicyclic) bond motifs is 1. The predicted molar refractivity (Wildman–Crippen MR) is 72.6 cm³/mol. The van der Waals surface area contributed by atoms with E-state index in [9.17, 15) is 19.8 Å². The minimum atomic E-state index is -0.526. The van der Waals surface area contributed by atoms with Crippen LogP contribution in [0.25, 0.3) is 10.8 Å². The van der Waals surface area contributed by atoms with E-state index in [-0.39, 0.29) is 23.2 Å². The van der Waals surface area contributed by atoms with Gasteiger partial charge in [0.05, 0.1) is 6.54 Å². The van der Waals surface area contributed by atoms with Crippen LogP contribution in [0, 0.1) is 0 Å². The number of aromatic nitrogens is 1. The quantitative estimate of drug-likeness (QED) is 0.594. The van der Waals surface area contributed by atoms with Crippen molar-refractivity contribution in [1.82, 2.24) is 20.7 Å². The van der Waals surface area contributed by atoms with Crippen LogP contribution in [-0.4, -0.2) is 45.2 Å². The van der Waals surface area contributed by atoms with Crippen LogP contribution in [0.15, 0.2) is 24.4 Å². The van der Waals surface area contributed by atoms with Crippen molar-refractivity contribution >= 4 is 22.7 Å². The molecule has 0 aliphatic carbocycles. The van der Waals surface area contributed by atoms with Crippen molar-refractivity contribution in [2.24, 2.45) is 0 Å². The zero-order chi connectivity index (χ0) is 15.0. The number of carbonyl (C=O) groups is 2. The van der Waals surface area contributed by atoms with Gasteiger partial charge in [-0.25, -0.2) is 9.80 Å². The molecule has 0 atom stereocenters. The van der Waals surface area contributed by atoms with E-state index < -0.39 is 5.91 Å². The van der Waals surface area contributed by atoms with Crippen molar-refractivity contribution in [3.63, 3.8) is 0 Å². The molecule has 1 aromatic heterocycles. The predicted octanol–water partition coefficient (Wildman–Crippen LogP) is 0.316. The zero-order valence-electron chi connectivity index (χ0n) is 10.8. The van der Waals surface area contributed by atoms with Crippen molar-refractivity contribution in [1.29, 1.82) is 0 Å². The number of nitrogens with one attached hydrogen (secondary N) is 2. The fraction of sp³-hybridized carbons (Fsp3) is 0.154. The van der Waals surface area contributed by atoms with Gasteiger partial charge in [-0.2, -0.15) is 0 Å². The standard InChI is InChI=1S/C13H12N4O4/c18-10-4-7-3-9(15-6-8(7)5-11(10)19)12(20)16-17-2-1-14-13(17)21/h3-6,18-19H,1-2H2,(H,14,21)(H,16,20). The fourth-order valence-electron chi connectivity index (χ4n) is 2.05. The number of rotatable bonds is 2. The van der Waals surface area contributed by atoms with Crippen LogP contribution in [0.4, 0.5) is 4.79 Å². The largest absolute Gasteiger partial charge is 0.504 e. The maximum atomic E-state index is 12.0. The third-order valence-corrected chi connectivity index (χ3v) is 3.14. The van der Waals surface area contributed by atoms with Gasteiger partial charge >= 0.3 is 6.03 Å². The minimum Gasteiger partial charge on any atom is -0.504 e. The SMILES string of the molecule is O=C(NN1CCNC1=O)c1cc2cc(O)c(O)cc2cn1. The number of pyridine rings is 1. The molecule has 8 heteroatoms. The molecule has 0 bridgehead atoms. The number of carbonyl (C=O) groups excluding carboxylic acids is 2. The molecule has 3 amide bonds. The average Bonchev–Trinajstić information content (AvgIpc) is 2.85. The number of benzene rings is 1. The summed E-state index contributed by atoms with van der Waals surface area (Å²) in [5.41, 5.74) is 2.55. The molecule has 0 radical (unpaired) electrons. The Kier molecular flexibility index (Phi) is 2.98. The van der Waals surface area contributed by atoms with Crippen LogP contribution in [0.5, 0.6) is 11.5 Å². The fourth-order valence-corrected chi connectivity index (χ4v) is 2.05. The average molecular weight is 288 g/mol. The van der Waals surface area contributed by atoms with Gasteiger partial charge in [-0.1, -0.05) is 0 Å². The highest BCUT2D eigenvalue weighted by Crippen LogP contribution is 2.29. The molecule has 8 nitrogen and oxygen atoms in total. The number of aromatic hydroxyl groups is 2. The molecule has 1 aromatic carbocycles. The van der Waals surface area contributed by atoms with Crippen molar-refractivity contribution < 1.29 is 19.8 Å². The lowest BCUT2D eigenvalue weighted by Gasteiger charge is -2.15. The highest BCUT2D eigenvalue weighted by Gasteiger charge is 2.22. The number of urea groups is 1. The third kappa shape index (κ3) is 2.38. The number of hydrazine groups is 1. The summed E-state index contributed by atoms with van der Waals surface area (Å²) in [6.45, 7) is 0.851. The first kappa shape index (κ1) is 13.0. The molecule has 0 spiro atoms. The van der Waals surface area contributed by atoms with Gasteiger partial charge in [-0.3, -0.25) is 15.2 Å². The zero-order valence-corrected chi connectivity index (χ0v) is 10.8. The van der Waals surface area contributed by atoms with Crippen LogP contribution in [0.3, 0.4) is 0 Å². The first-order valence-electron chi connectivity index (χ1n) is 6.22. The van der Waals surface area contributed by atoms with Gasteiger partial charge in [-0.15, -0.1) is 0 Å². The smallest absolute Gasteiger partial charge is 0.336 e. The Morgan fingerprint density at radius 3 is 2.62 bits per heavy atom. The lowest BCUT2D eigenvalue weighted by atomic mass is 10.1. The molecule has 1 aliphatic rings. The Morgan fingerprint density at radius 2 is 1.95 bits per heavy atom. The Balaban J connectivity index is 1.88. The summed E-state index contributed by atoms with van der Waals surface area (Å²) in [7, 11) is 0. The monoisotopic (exact) mass is 288 g/mol. The Morgan fingerprint density at radius 1 is 1.24 bits per heavy atom. The molecule has 1 fully saturated rings. The van der Waals surface area contributed by atoms with E-state index in [4.69, 9.17) is 0 Å². The number of phenols is 2. The molecule has 0 saturated carbocycles. The van der Waals surface area contributed by atoms with Crippen molar-refractivity contribution in [3.8, 4) is 11.5 Å². The summed E-state index contributed by atoms with van der Waals surface area (Å²) in [5, 5.41) is 23.8. The van der Waals surface area contributed by atoms with Gasteiger partial charge in [0.15, 0.2) is 11.5 Å². The summed E-state index contributed by atoms with van der Waals surface area (Å²) >= 11 is 0. The highest BCUT2D eigenvalue weighted by atomic mass is 16.3. The molecule has 4 N–H and O–H groups in total. The van der Waals surface area contributed by atoms with Gasteiger partial charge in [0.2, 0.25) is 0 Å². The summed E-state index contributed by atoms with van der Waals surface area (Å²) in [6, 6.07) is 3.79. The van der Waals surface area contributed by atoms with Crippen molar-refractivity contribution in [3.05, 3.63) is 30.1 Å². The molecule has 108 valence electrons. The van der Waals surface area contributed by atoms with Gasteiger partial charge in [-0.05, 0) is 23.6 Å². The van der Waals surface area contributed by atoms with Crippen LogP contribution < -0.4 is 10.7 Å². The third-order valence-electron chi connectivity index (χ3n) is 3.14. The summed E-state index contributed by atoms with van der Waals surface area (Å²) in [6.07, 6.45) is 1.41. The normalized spacial score (nSPS) is 14.3. The summed E-state index contributed by atoms with van der Waals surface area (Å²) in [4.78, 5) is 27.4. The Bertz CT molecular complexity index is 746. The van der Waals surface area contributed by atoms with Crippen molar-refractivity contribution in [2.75, 3.05) is 13.1 Å². The van der Waals surface area contributed by atoms with Gasteiger partial charge in [0.1, 0.15) is 5.69 Å². The molecule has 1 saturated heterocycles. The number of nitrogens with zero attached hydrogens (tertiary/aromatic N) is 2. The summed E-state index contributed by atoms with van der Waals surface area (Å²) in [5.74, 6) is -1.06. The second-order valence-electron chi connectivity index (χ2n) is 4.58. The highest BCUT2D eigenvalue weighted by molar-refractivity contribution is 5.97. The molecule has 21 heavy (non-hydrogen) atoms. The lowest BCUT2D eigenvalue weighted by molar-refractivity contribution is 0.0847. The number of phenolic OH excluding ortho intramolecular Hbond substituents is 2. The molecular formula is C13H12N4O4. The van der Waals surface area contributed by atoms with E-state index in [0.717, 1.165) is 0 Å². The first-order valence-corrected chi connectivity index (χ1v) is 6.22. The van der Waals surface area contributed by atoms with E-state index in [1.165, 1.54) is 29.4 Å². The van der Waals surface area contributed by atoms with Gasteiger partial charge in [0, 0.05) is 18.1 Å². The maximum absolute atomic E-state index is 12.0. The van der Waals surface area contributed by atoms with E-state index >= 15 is 0 Å². The second-order valence-corrected chi connectivity index (χ2v) is 4.58. The number of hydrogen-bond donors (Lipinski definition) is 4. The van der Waals surface area contributed by atoms with Crippen molar-refractivity contribution in [2.45, 2.75) is 0 Å². The molecule has 0 unspecified atom stereocenters. The Labute approximate surface area is 119 Å². The lowest BCUT2D eigenvalue weighted by Crippen LogP contribution is -2.44. The number of amides is 3. The van der Waals surface area contributed by atoms with E-state index in [2.05, 4.69) is 15.7 Å². The van der Waals surface area contributed by atoms with Crippen LogP contribution in [0.2, 0.25) is 0 Å². The summed E-state index contributed by atoms with van der Waals surface area (Å²) < 4.78 is 0. The van der Waals surface area contributed by atoms with Gasteiger partial charge < -0.3 is 15.5 Å². The van der Waals surface area contributed by atoms with Crippen LogP contribution in [-0.2, 0) is 0 Å². The van der Waals surface area contributed by atoms with E-state index in [1.807, 2.05) is 0 Å². The second kappa shape index (κ2) is 4.82. The van der Waals surface area contributed by atoms with E-state index in [1.54, 1.807) is 0 Å². The first-order chi connectivity index (χ1) is 10.0. The molecule has 1 aliphatic heterocycles. The van der Waals surface area contributed by atoms with Gasteiger partial charge in [0.25, 0.3) is 5.91 Å². The van der Waals surface area contributed by atoms with Crippen LogP contribution >= 0.6 is 0 Å². The molecule has 3 rings (SSSR count).